The van der Waals surface area contributed by atoms with Crippen LogP contribution in [-0.4, -0.2) is 29.6 Å². The van der Waals surface area contributed by atoms with Gasteiger partial charge in [-0.2, -0.15) is 0 Å². The second kappa shape index (κ2) is 6.42. The molecule has 1 unspecified atom stereocenters. The molecule has 1 aliphatic rings. The van der Waals surface area contributed by atoms with Crippen LogP contribution in [0.5, 0.6) is 0 Å². The number of benzene rings is 1. The molecule has 2 nitrogen and oxygen atoms in total. The number of nitrogens with one attached hydrogen (secondary N) is 1. The van der Waals surface area contributed by atoms with E-state index in [1.807, 2.05) is 0 Å². The second-order valence-corrected chi connectivity index (χ2v) is 7.00. The van der Waals surface area contributed by atoms with Crippen LogP contribution < -0.4 is 5.32 Å². The standard InChI is InChI=1S/C16H24ClFN2/c1-16(2,3)19-10-12-6-5-9-20(12)11-13-14(17)7-4-8-15(13)18/h4,7-8,12,19H,5-6,9-11H2,1-3H3. The summed E-state index contributed by atoms with van der Waals surface area (Å²) in [5.74, 6) is -0.202. The monoisotopic (exact) mass is 298 g/mol. The lowest BCUT2D eigenvalue weighted by atomic mass is 10.1. The van der Waals surface area contributed by atoms with Gasteiger partial charge in [0.1, 0.15) is 5.82 Å². The van der Waals surface area contributed by atoms with Gasteiger partial charge in [0.2, 0.25) is 0 Å². The van der Waals surface area contributed by atoms with Crippen molar-refractivity contribution in [3.8, 4) is 0 Å². The summed E-state index contributed by atoms with van der Waals surface area (Å²) in [4.78, 5) is 2.34. The number of halogens is 2. The first-order valence-corrected chi connectivity index (χ1v) is 7.66. The van der Waals surface area contributed by atoms with Crippen LogP contribution in [0.15, 0.2) is 18.2 Å². The summed E-state index contributed by atoms with van der Waals surface area (Å²) in [6.07, 6.45) is 2.33. The Hall–Kier alpha value is -0.640. The quantitative estimate of drug-likeness (QED) is 0.909. The zero-order valence-electron chi connectivity index (χ0n) is 12.5. The van der Waals surface area contributed by atoms with Crippen LogP contribution in [-0.2, 0) is 6.54 Å². The maximum absolute atomic E-state index is 13.9. The molecule has 112 valence electrons. The Bertz CT molecular complexity index is 436. The number of hydrogen-bond donors (Lipinski definition) is 1. The van der Waals surface area contributed by atoms with Crippen molar-refractivity contribution in [1.29, 1.82) is 0 Å². The lowest BCUT2D eigenvalue weighted by Crippen LogP contribution is -2.45. The van der Waals surface area contributed by atoms with Gasteiger partial charge in [-0.25, -0.2) is 4.39 Å². The highest BCUT2D eigenvalue weighted by atomic mass is 35.5. The second-order valence-electron chi connectivity index (χ2n) is 6.60. The van der Waals surface area contributed by atoms with E-state index < -0.39 is 0 Å². The Kier molecular flexibility index (Phi) is 5.05. The minimum absolute atomic E-state index is 0.115. The molecule has 1 aromatic carbocycles. The number of rotatable bonds is 4. The minimum atomic E-state index is -0.202. The molecule has 1 aromatic rings. The van der Waals surface area contributed by atoms with Crippen LogP contribution in [0.3, 0.4) is 0 Å². The predicted octanol–water partition coefficient (Wildman–Crippen LogP) is 3.83. The van der Waals surface area contributed by atoms with Crippen molar-refractivity contribution in [3.05, 3.63) is 34.6 Å². The first kappa shape index (κ1) is 15.7. The maximum atomic E-state index is 13.9. The summed E-state index contributed by atoms with van der Waals surface area (Å²) >= 11 is 6.12. The SMILES string of the molecule is CC(C)(C)NCC1CCCN1Cc1c(F)cccc1Cl. The van der Waals surface area contributed by atoms with Gasteiger partial charge in [-0.15, -0.1) is 0 Å². The Balaban J connectivity index is 2.01. The van der Waals surface area contributed by atoms with Gasteiger partial charge in [0, 0.05) is 35.3 Å². The van der Waals surface area contributed by atoms with E-state index in [-0.39, 0.29) is 11.4 Å². The lowest BCUT2D eigenvalue weighted by molar-refractivity contribution is 0.223. The molecule has 1 atom stereocenters. The molecule has 0 saturated carbocycles. The smallest absolute Gasteiger partial charge is 0.129 e. The molecular weight excluding hydrogens is 275 g/mol. The van der Waals surface area contributed by atoms with Crippen LogP contribution in [0.25, 0.3) is 0 Å². The lowest BCUT2D eigenvalue weighted by Gasteiger charge is -2.29. The summed E-state index contributed by atoms with van der Waals surface area (Å²) < 4.78 is 13.9. The number of likely N-dealkylation sites (tertiary alicyclic amines) is 1. The maximum Gasteiger partial charge on any atom is 0.129 e. The fraction of sp³-hybridized carbons (Fsp3) is 0.625. The highest BCUT2D eigenvalue weighted by molar-refractivity contribution is 6.31. The largest absolute Gasteiger partial charge is 0.311 e. The number of nitrogens with zero attached hydrogens (tertiary/aromatic N) is 1. The van der Waals surface area contributed by atoms with Gasteiger partial charge >= 0.3 is 0 Å². The first-order chi connectivity index (χ1) is 9.37. The van der Waals surface area contributed by atoms with Crippen LogP contribution in [0.4, 0.5) is 4.39 Å². The summed E-state index contributed by atoms with van der Waals surface area (Å²) in [5, 5.41) is 4.07. The van der Waals surface area contributed by atoms with Gasteiger partial charge in [0.25, 0.3) is 0 Å². The summed E-state index contributed by atoms with van der Waals surface area (Å²) in [6.45, 7) is 9.05. The van der Waals surface area contributed by atoms with E-state index in [0.717, 1.165) is 19.5 Å². The van der Waals surface area contributed by atoms with Crippen LogP contribution in [0.1, 0.15) is 39.2 Å². The molecule has 1 saturated heterocycles. The van der Waals surface area contributed by atoms with E-state index in [0.29, 0.717) is 23.2 Å². The van der Waals surface area contributed by atoms with Crippen molar-refractivity contribution in [3.63, 3.8) is 0 Å². The van der Waals surface area contributed by atoms with Gasteiger partial charge in [0.05, 0.1) is 0 Å². The van der Waals surface area contributed by atoms with Crippen molar-refractivity contribution in [2.24, 2.45) is 0 Å². The van der Waals surface area contributed by atoms with Gasteiger partial charge in [-0.3, -0.25) is 4.90 Å². The molecule has 0 amide bonds. The van der Waals surface area contributed by atoms with Gasteiger partial charge < -0.3 is 5.32 Å². The molecule has 0 aromatic heterocycles. The zero-order chi connectivity index (χ0) is 14.8. The average Bonchev–Trinajstić information content (AvgIpc) is 2.78. The fourth-order valence-electron chi connectivity index (χ4n) is 2.64. The molecule has 0 spiro atoms. The molecule has 0 aliphatic carbocycles. The van der Waals surface area contributed by atoms with Crippen molar-refractivity contribution in [2.45, 2.75) is 51.7 Å². The predicted molar refractivity (Wildman–Crippen MR) is 82.6 cm³/mol. The molecule has 1 fully saturated rings. The van der Waals surface area contributed by atoms with E-state index in [9.17, 15) is 4.39 Å². The van der Waals surface area contributed by atoms with Gasteiger partial charge in [0.15, 0.2) is 0 Å². The normalized spacial score (nSPS) is 20.6. The fourth-order valence-corrected chi connectivity index (χ4v) is 2.87. The van der Waals surface area contributed by atoms with Crippen LogP contribution in [0.2, 0.25) is 5.02 Å². The summed E-state index contributed by atoms with van der Waals surface area (Å²) in [5.41, 5.74) is 0.737. The Morgan fingerprint density at radius 3 is 2.80 bits per heavy atom. The molecule has 0 bridgehead atoms. The topological polar surface area (TPSA) is 15.3 Å². The third-order valence-electron chi connectivity index (χ3n) is 3.79. The number of hydrogen-bond acceptors (Lipinski definition) is 2. The first-order valence-electron chi connectivity index (χ1n) is 7.29. The third kappa shape index (κ3) is 4.18. The van der Waals surface area contributed by atoms with E-state index >= 15 is 0 Å². The van der Waals surface area contributed by atoms with E-state index in [1.165, 1.54) is 12.5 Å². The Labute approximate surface area is 126 Å². The van der Waals surface area contributed by atoms with E-state index in [4.69, 9.17) is 11.6 Å². The Morgan fingerprint density at radius 2 is 2.15 bits per heavy atom. The van der Waals surface area contributed by atoms with Crippen LogP contribution in [0, 0.1) is 5.82 Å². The molecule has 2 rings (SSSR count). The summed E-state index contributed by atoms with van der Waals surface area (Å²) in [7, 11) is 0. The third-order valence-corrected chi connectivity index (χ3v) is 4.14. The molecule has 4 heteroatoms. The van der Waals surface area contributed by atoms with Crippen molar-refractivity contribution in [1.82, 2.24) is 10.2 Å². The highest BCUT2D eigenvalue weighted by Crippen LogP contribution is 2.25. The Morgan fingerprint density at radius 1 is 1.40 bits per heavy atom. The molecule has 1 aliphatic heterocycles. The van der Waals surface area contributed by atoms with Gasteiger partial charge in [-0.1, -0.05) is 17.7 Å². The van der Waals surface area contributed by atoms with Crippen LogP contribution >= 0.6 is 11.6 Å². The van der Waals surface area contributed by atoms with Crippen molar-refractivity contribution >= 4 is 11.6 Å². The molecule has 20 heavy (non-hydrogen) atoms. The minimum Gasteiger partial charge on any atom is -0.311 e. The average molecular weight is 299 g/mol. The zero-order valence-corrected chi connectivity index (χ0v) is 13.3. The van der Waals surface area contributed by atoms with E-state index in [2.05, 4.69) is 31.0 Å². The molecule has 1 heterocycles. The molecule has 1 N–H and O–H groups in total. The van der Waals surface area contributed by atoms with E-state index in [1.54, 1.807) is 12.1 Å². The van der Waals surface area contributed by atoms with Gasteiger partial charge in [-0.05, 0) is 52.3 Å². The molecular formula is C16H24ClFN2. The highest BCUT2D eigenvalue weighted by Gasteiger charge is 2.26. The molecule has 0 radical (unpaired) electrons. The summed E-state index contributed by atoms with van der Waals surface area (Å²) in [6, 6.07) is 5.37. The van der Waals surface area contributed by atoms with Crippen molar-refractivity contribution < 1.29 is 4.39 Å². The van der Waals surface area contributed by atoms with Crippen molar-refractivity contribution in [2.75, 3.05) is 13.1 Å².